The van der Waals surface area contributed by atoms with Crippen molar-refractivity contribution in [1.82, 2.24) is 34.0 Å². The molecule has 11 nitrogen and oxygen atoms in total. The molecule has 50 heavy (non-hydrogen) atoms. The molecule has 1 saturated carbocycles. The average molecular weight is 699 g/mol. The minimum Gasteiger partial charge on any atom is -0.462 e. The number of terminal acetylenes is 1. The van der Waals surface area contributed by atoms with Gasteiger partial charge in [0.15, 0.2) is 11.6 Å². The van der Waals surface area contributed by atoms with Crippen LogP contribution < -0.4 is 9.64 Å². The summed E-state index contributed by atoms with van der Waals surface area (Å²) >= 11 is 0. The smallest absolute Gasteiger partial charge is 0.319 e. The minimum atomic E-state index is -3.77. The number of likely N-dealkylation sites (N-methyl/N-ethyl adjacent to an activating group) is 1. The Bertz CT molecular complexity index is 2260. The Morgan fingerprint density at radius 1 is 1.04 bits per heavy atom. The number of halogens is 2. The van der Waals surface area contributed by atoms with Gasteiger partial charge in [-0.1, -0.05) is 43.0 Å². The van der Waals surface area contributed by atoms with E-state index in [9.17, 15) is 12.8 Å². The van der Waals surface area contributed by atoms with Crippen LogP contribution in [0.15, 0.2) is 42.9 Å². The number of nitrogens with zero attached hydrogens (tertiary/aromatic N) is 8. The Kier molecular flexibility index (Phi) is 8.35. The summed E-state index contributed by atoms with van der Waals surface area (Å²) < 4.78 is 65.7. The van der Waals surface area contributed by atoms with Crippen LogP contribution in [-0.2, 0) is 10.0 Å². The summed E-state index contributed by atoms with van der Waals surface area (Å²) in [6, 6.07) is 7.82. The fourth-order valence-corrected chi connectivity index (χ4v) is 8.74. The normalized spacial score (nSPS) is 20.3. The van der Waals surface area contributed by atoms with E-state index in [-0.39, 0.29) is 41.4 Å². The second kappa shape index (κ2) is 12.9. The Morgan fingerprint density at radius 3 is 2.60 bits per heavy atom. The van der Waals surface area contributed by atoms with Crippen molar-refractivity contribution in [3.05, 3.63) is 65.9 Å². The van der Waals surface area contributed by atoms with Gasteiger partial charge in [-0.3, -0.25) is 9.88 Å². The Morgan fingerprint density at radius 2 is 1.84 bits per heavy atom. The third kappa shape index (κ3) is 5.82. The molecule has 3 aromatic heterocycles. The molecule has 5 heterocycles. The molecule has 14 heteroatoms. The van der Waals surface area contributed by atoms with E-state index >= 15 is 4.39 Å². The Labute approximate surface area is 288 Å². The monoisotopic (exact) mass is 698 g/mol. The maximum atomic E-state index is 16.8. The van der Waals surface area contributed by atoms with E-state index in [2.05, 4.69) is 30.9 Å². The first-order valence-electron chi connectivity index (χ1n) is 17.0. The maximum absolute atomic E-state index is 16.8. The first kappa shape index (κ1) is 32.5. The summed E-state index contributed by atoms with van der Waals surface area (Å²) in [5.74, 6) is 2.48. The predicted molar refractivity (Wildman–Crippen MR) is 185 cm³/mol. The van der Waals surface area contributed by atoms with Crippen molar-refractivity contribution in [3.63, 3.8) is 0 Å². The number of pyridine rings is 1. The molecule has 2 atom stereocenters. The first-order valence-corrected chi connectivity index (χ1v) is 18.5. The maximum Gasteiger partial charge on any atom is 0.319 e. The van der Waals surface area contributed by atoms with Crippen LogP contribution in [0.25, 0.3) is 32.9 Å². The summed E-state index contributed by atoms with van der Waals surface area (Å²) in [5.41, 5.74) is 0.388. The van der Waals surface area contributed by atoms with Gasteiger partial charge in [0.2, 0.25) is 0 Å². The zero-order chi connectivity index (χ0) is 34.6. The van der Waals surface area contributed by atoms with E-state index < -0.39 is 26.9 Å². The molecular formula is C36H36F2N8O3S. The lowest BCUT2D eigenvalue weighted by molar-refractivity contribution is 0.188. The van der Waals surface area contributed by atoms with E-state index in [4.69, 9.17) is 16.1 Å². The van der Waals surface area contributed by atoms with Gasteiger partial charge in [0.05, 0.1) is 16.2 Å². The van der Waals surface area contributed by atoms with Crippen LogP contribution in [0.1, 0.15) is 62.3 Å². The minimum absolute atomic E-state index is 0.0156. The molecule has 1 aliphatic carbocycles. The molecule has 3 fully saturated rings. The van der Waals surface area contributed by atoms with E-state index in [1.807, 2.05) is 11.9 Å². The number of ether oxygens (including phenoxy) is 1. The van der Waals surface area contributed by atoms with Crippen molar-refractivity contribution in [2.75, 3.05) is 38.2 Å². The van der Waals surface area contributed by atoms with Crippen molar-refractivity contribution < 1.29 is 21.9 Å². The molecule has 0 unspecified atom stereocenters. The first-order chi connectivity index (χ1) is 24.2. The molecule has 258 valence electrons. The van der Waals surface area contributed by atoms with Gasteiger partial charge in [-0.15, -0.1) is 15.6 Å². The SMILES string of the molecule is C#Cc1c(F)ccc2cccc(-c3ncc4c(N5CCCCCC5)nc(OC[C@@H]5C[C@@H](S(=O)(=O)n6cnc(C7CC7)n6)CN5C)nc4c3F)c12. The number of fused-ring (bicyclic) bond motifs is 2. The van der Waals surface area contributed by atoms with Crippen molar-refractivity contribution in [2.24, 2.45) is 0 Å². The van der Waals surface area contributed by atoms with Gasteiger partial charge in [-0.2, -0.15) is 9.97 Å². The average Bonchev–Trinajstić information content (AvgIpc) is 3.80. The van der Waals surface area contributed by atoms with Gasteiger partial charge in [0.1, 0.15) is 35.8 Å². The largest absolute Gasteiger partial charge is 0.462 e. The van der Waals surface area contributed by atoms with Gasteiger partial charge >= 0.3 is 6.01 Å². The van der Waals surface area contributed by atoms with Crippen LogP contribution in [0.2, 0.25) is 0 Å². The molecule has 8 rings (SSSR count). The lowest BCUT2D eigenvalue weighted by Gasteiger charge is -2.24. The lowest BCUT2D eigenvalue weighted by Crippen LogP contribution is -2.32. The Hall–Kier alpha value is -4.74. The molecule has 2 saturated heterocycles. The van der Waals surface area contributed by atoms with Gasteiger partial charge in [-0.25, -0.2) is 22.2 Å². The molecule has 5 aromatic rings. The number of benzene rings is 2. The Balaban J connectivity index is 1.13. The fraction of sp³-hybridized carbons (Fsp3) is 0.417. The fourth-order valence-electron chi connectivity index (χ4n) is 7.16. The highest BCUT2D eigenvalue weighted by Gasteiger charge is 2.40. The number of hydrogen-bond acceptors (Lipinski definition) is 10. The highest BCUT2D eigenvalue weighted by atomic mass is 32.2. The summed E-state index contributed by atoms with van der Waals surface area (Å²) in [4.78, 5) is 22.1. The number of aromatic nitrogens is 6. The summed E-state index contributed by atoms with van der Waals surface area (Å²) in [6.45, 7) is 1.85. The lowest BCUT2D eigenvalue weighted by atomic mass is 9.96. The molecular weight excluding hydrogens is 663 g/mol. The van der Waals surface area contributed by atoms with Crippen LogP contribution in [0.4, 0.5) is 14.6 Å². The number of hydrogen-bond donors (Lipinski definition) is 0. The standard InChI is InChI=1S/C36H36F2N8O3S/c1-3-26-29(37)14-13-22-9-8-10-27(30(22)26)32-31(38)33-28(18-39-32)35(45-15-6-4-5-7-16-45)42-36(41-33)49-20-24-17-25(19-44(24)2)50(47,48)46-21-40-34(43-46)23-11-12-23/h1,8-10,13-14,18,21,23-25H,4-7,11-12,15-17,19-20H2,2H3/t24-,25+/m0/s1. The van der Waals surface area contributed by atoms with E-state index in [1.165, 1.54) is 12.4 Å². The number of rotatable bonds is 8. The highest BCUT2D eigenvalue weighted by molar-refractivity contribution is 7.90. The van der Waals surface area contributed by atoms with Crippen LogP contribution in [0.5, 0.6) is 6.01 Å². The third-order valence-corrected chi connectivity index (χ3v) is 12.0. The zero-order valence-electron chi connectivity index (χ0n) is 27.6. The predicted octanol–water partition coefficient (Wildman–Crippen LogP) is 5.28. The number of likely N-dealkylation sites (tertiary alicyclic amines) is 1. The molecule has 0 spiro atoms. The molecule has 2 aromatic carbocycles. The molecule has 0 amide bonds. The van der Waals surface area contributed by atoms with Gasteiger partial charge in [-0.05, 0) is 50.6 Å². The molecule has 0 N–H and O–H groups in total. The second-order valence-corrected chi connectivity index (χ2v) is 15.5. The van der Waals surface area contributed by atoms with Crippen molar-refractivity contribution >= 4 is 37.5 Å². The summed E-state index contributed by atoms with van der Waals surface area (Å²) in [6.07, 6.45) is 14.9. The molecule has 2 aliphatic heterocycles. The molecule has 0 radical (unpaired) electrons. The second-order valence-electron chi connectivity index (χ2n) is 13.4. The van der Waals surface area contributed by atoms with Crippen molar-refractivity contribution in [1.29, 1.82) is 0 Å². The van der Waals surface area contributed by atoms with Gasteiger partial charge in [0.25, 0.3) is 10.0 Å². The van der Waals surface area contributed by atoms with Crippen molar-refractivity contribution in [3.8, 4) is 29.6 Å². The van der Waals surface area contributed by atoms with Gasteiger partial charge < -0.3 is 9.64 Å². The van der Waals surface area contributed by atoms with Crippen LogP contribution >= 0.6 is 0 Å². The zero-order valence-corrected chi connectivity index (χ0v) is 28.4. The van der Waals surface area contributed by atoms with E-state index in [0.29, 0.717) is 46.3 Å². The van der Waals surface area contributed by atoms with E-state index in [1.54, 1.807) is 30.5 Å². The summed E-state index contributed by atoms with van der Waals surface area (Å²) in [7, 11) is -1.92. The summed E-state index contributed by atoms with van der Waals surface area (Å²) in [5, 5.41) is 5.04. The van der Waals surface area contributed by atoms with Gasteiger partial charge in [0, 0.05) is 48.7 Å². The molecule has 0 bridgehead atoms. The number of anilines is 1. The molecule has 3 aliphatic rings. The van der Waals surface area contributed by atoms with Crippen LogP contribution in [0, 0.1) is 24.0 Å². The topological polar surface area (TPSA) is 119 Å². The highest BCUT2D eigenvalue weighted by Crippen LogP contribution is 2.39. The third-order valence-electron chi connectivity index (χ3n) is 10.1. The van der Waals surface area contributed by atoms with E-state index in [0.717, 1.165) is 55.7 Å². The quantitative estimate of drug-likeness (QED) is 0.198. The van der Waals surface area contributed by atoms with Crippen LogP contribution in [0.3, 0.4) is 0 Å². The van der Waals surface area contributed by atoms with Crippen LogP contribution in [-0.4, -0.2) is 87.0 Å². The van der Waals surface area contributed by atoms with Crippen molar-refractivity contribution in [2.45, 2.75) is 62.2 Å².